The van der Waals surface area contributed by atoms with Crippen LogP contribution in [-0.4, -0.2) is 55.4 Å². The molecule has 1 aliphatic heterocycles. The third-order valence-electron chi connectivity index (χ3n) is 5.72. The van der Waals surface area contributed by atoms with Crippen LogP contribution in [0.15, 0.2) is 24.3 Å². The zero-order valence-electron chi connectivity index (χ0n) is 14.9. The summed E-state index contributed by atoms with van der Waals surface area (Å²) in [5.74, 6) is -5.07. The molecule has 0 amide bonds. The summed E-state index contributed by atoms with van der Waals surface area (Å²) in [4.78, 5) is 37.3. The molecule has 2 saturated carbocycles. The van der Waals surface area contributed by atoms with Gasteiger partial charge in [-0.05, 0) is 53.3 Å². The van der Waals surface area contributed by atoms with Crippen molar-refractivity contribution in [3.63, 3.8) is 0 Å². The molecule has 0 spiro atoms. The van der Waals surface area contributed by atoms with Crippen molar-refractivity contribution >= 4 is 50.6 Å². The van der Waals surface area contributed by atoms with Gasteiger partial charge in [-0.15, -0.1) is 0 Å². The van der Waals surface area contributed by atoms with Gasteiger partial charge >= 0.3 is 17.9 Å². The first kappa shape index (κ1) is 20.5. The van der Waals surface area contributed by atoms with Crippen LogP contribution in [0.3, 0.4) is 0 Å². The topological polar surface area (TPSA) is 136 Å². The Hall–Kier alpha value is -1.73. The molecule has 0 aromatic heterocycles. The fraction of sp³-hybridized carbons (Fsp3) is 0.500. The molecule has 6 unspecified atom stereocenters. The summed E-state index contributed by atoms with van der Waals surface area (Å²) < 4.78 is 49.0. The van der Waals surface area contributed by atoms with E-state index in [9.17, 15) is 27.4 Å². The molecule has 3 aliphatic rings. The average Bonchev–Trinajstić information content (AvgIpc) is 3.24. The molecule has 156 valence electrons. The molecule has 9 nitrogen and oxygen atoms in total. The number of carbonyl (C=O) groups excluding carboxylic acids is 3. The summed E-state index contributed by atoms with van der Waals surface area (Å²) >= 11 is 2.11. The van der Waals surface area contributed by atoms with Crippen molar-refractivity contribution in [2.75, 3.05) is 12.4 Å². The van der Waals surface area contributed by atoms with Gasteiger partial charge in [0.25, 0.3) is 0 Å². The molecule has 0 radical (unpaired) electrons. The Labute approximate surface area is 180 Å². The Morgan fingerprint density at radius 3 is 2.55 bits per heavy atom. The maximum absolute atomic E-state index is 12.5. The third kappa shape index (κ3) is 3.87. The van der Waals surface area contributed by atoms with Crippen LogP contribution in [-0.2, 0) is 33.9 Å². The van der Waals surface area contributed by atoms with Gasteiger partial charge in [-0.1, -0.05) is 0 Å². The van der Waals surface area contributed by atoms with Gasteiger partial charge in [0.15, 0.2) is 0 Å². The number of fused-ring (bicyclic) bond motifs is 1. The number of ether oxygens (including phenoxy) is 3. The van der Waals surface area contributed by atoms with Crippen LogP contribution < -0.4 is 0 Å². The van der Waals surface area contributed by atoms with Gasteiger partial charge in [0.2, 0.25) is 0 Å². The first-order valence-electron chi connectivity index (χ1n) is 8.93. The zero-order chi connectivity index (χ0) is 20.9. The SMILES string of the molecule is O=C(OC1C2CC3C1OC(=O)C3C2C(=O)OCCS(=O)(=O)[O-])c1ccc(I)cc1. The van der Waals surface area contributed by atoms with E-state index in [0.717, 1.165) is 3.57 Å². The largest absolute Gasteiger partial charge is 0.748 e. The minimum Gasteiger partial charge on any atom is -0.748 e. The van der Waals surface area contributed by atoms with Gasteiger partial charge in [-0.25, -0.2) is 13.2 Å². The molecule has 1 heterocycles. The molecule has 2 aliphatic carbocycles. The minimum atomic E-state index is -4.52. The number of esters is 3. The number of halogens is 1. The van der Waals surface area contributed by atoms with E-state index in [-0.39, 0.29) is 5.92 Å². The molecule has 0 N–H and O–H groups in total. The fourth-order valence-electron chi connectivity index (χ4n) is 4.59. The minimum absolute atomic E-state index is 0.261. The maximum atomic E-state index is 12.5. The molecular weight excluding hydrogens is 519 g/mol. The number of hydrogen-bond donors (Lipinski definition) is 0. The first-order valence-corrected chi connectivity index (χ1v) is 11.6. The highest BCUT2D eigenvalue weighted by Crippen LogP contribution is 2.59. The van der Waals surface area contributed by atoms with Gasteiger partial charge in [0, 0.05) is 15.4 Å². The van der Waals surface area contributed by atoms with Crippen molar-refractivity contribution in [3.05, 3.63) is 33.4 Å². The lowest BCUT2D eigenvalue weighted by molar-refractivity contribution is -0.155. The highest BCUT2D eigenvalue weighted by molar-refractivity contribution is 14.1. The molecule has 1 aromatic rings. The molecule has 3 fully saturated rings. The van der Waals surface area contributed by atoms with Crippen molar-refractivity contribution in [1.29, 1.82) is 0 Å². The van der Waals surface area contributed by atoms with E-state index < -0.39 is 70.3 Å². The maximum Gasteiger partial charge on any atom is 0.338 e. The molecule has 29 heavy (non-hydrogen) atoms. The van der Waals surface area contributed by atoms with Crippen molar-refractivity contribution in [1.82, 2.24) is 0 Å². The molecule has 2 bridgehead atoms. The van der Waals surface area contributed by atoms with Crippen LogP contribution in [0.1, 0.15) is 16.8 Å². The molecule has 4 rings (SSSR count). The van der Waals surface area contributed by atoms with Crippen LogP contribution in [0, 0.1) is 27.2 Å². The van der Waals surface area contributed by atoms with Crippen LogP contribution in [0.2, 0.25) is 0 Å². The van der Waals surface area contributed by atoms with E-state index in [2.05, 4.69) is 22.6 Å². The van der Waals surface area contributed by atoms with Crippen LogP contribution in [0.4, 0.5) is 0 Å². The second-order valence-corrected chi connectivity index (χ2v) is 10.1. The molecular formula is C18H16IO9S-. The quantitative estimate of drug-likeness (QED) is 0.223. The van der Waals surface area contributed by atoms with Crippen molar-refractivity contribution < 1.29 is 41.6 Å². The highest BCUT2D eigenvalue weighted by atomic mass is 127. The van der Waals surface area contributed by atoms with Gasteiger partial charge in [-0.3, -0.25) is 9.59 Å². The lowest BCUT2D eigenvalue weighted by atomic mass is 9.78. The highest BCUT2D eigenvalue weighted by Gasteiger charge is 2.70. The lowest BCUT2D eigenvalue weighted by Gasteiger charge is -2.30. The number of benzene rings is 1. The molecule has 11 heteroatoms. The number of rotatable bonds is 6. The number of hydrogen-bond acceptors (Lipinski definition) is 9. The standard InChI is InChI=1S/C18H17IO9S/c19-9-3-1-8(2-4-9)16(20)27-14-10-7-11-13(18(22)28-15(11)14)12(10)17(21)26-5-6-29(23,24)25/h1-4,10-15H,5-7H2,(H,23,24,25)/p-1. The van der Waals surface area contributed by atoms with Crippen molar-refractivity contribution in [3.8, 4) is 0 Å². The summed E-state index contributed by atoms with van der Waals surface area (Å²) in [7, 11) is -4.52. The summed E-state index contributed by atoms with van der Waals surface area (Å²) in [6, 6.07) is 6.76. The Balaban J connectivity index is 1.49. The Morgan fingerprint density at radius 2 is 1.90 bits per heavy atom. The lowest BCUT2D eigenvalue weighted by Crippen LogP contribution is -2.44. The Kier molecular flexibility index (Phi) is 5.32. The molecule has 6 atom stereocenters. The summed E-state index contributed by atoms with van der Waals surface area (Å²) in [6.07, 6.45) is -0.919. The second kappa shape index (κ2) is 7.51. The van der Waals surface area contributed by atoms with E-state index in [4.69, 9.17) is 14.2 Å². The van der Waals surface area contributed by atoms with Crippen LogP contribution in [0.5, 0.6) is 0 Å². The summed E-state index contributed by atoms with van der Waals surface area (Å²) in [6.45, 7) is -0.586. The first-order chi connectivity index (χ1) is 13.7. The van der Waals surface area contributed by atoms with E-state index in [1.807, 2.05) is 0 Å². The molecule has 1 aromatic carbocycles. The van der Waals surface area contributed by atoms with E-state index in [1.54, 1.807) is 24.3 Å². The Bertz CT molecular complexity index is 958. The molecule has 1 saturated heterocycles. The van der Waals surface area contributed by atoms with Crippen LogP contribution >= 0.6 is 22.6 Å². The van der Waals surface area contributed by atoms with Gasteiger partial charge in [0.05, 0.1) is 33.3 Å². The van der Waals surface area contributed by atoms with Gasteiger partial charge in [-0.2, -0.15) is 0 Å². The predicted octanol–water partition coefficient (Wildman–Crippen LogP) is 0.713. The van der Waals surface area contributed by atoms with Crippen molar-refractivity contribution in [2.24, 2.45) is 23.7 Å². The van der Waals surface area contributed by atoms with E-state index in [0.29, 0.717) is 12.0 Å². The Morgan fingerprint density at radius 1 is 1.21 bits per heavy atom. The monoisotopic (exact) mass is 535 g/mol. The van der Waals surface area contributed by atoms with Gasteiger partial charge in [0.1, 0.15) is 18.8 Å². The second-order valence-electron chi connectivity index (χ2n) is 7.32. The fourth-order valence-corrected chi connectivity index (χ4v) is 5.23. The summed E-state index contributed by atoms with van der Waals surface area (Å²) in [5.41, 5.74) is 0.342. The summed E-state index contributed by atoms with van der Waals surface area (Å²) in [5, 5.41) is 0. The zero-order valence-corrected chi connectivity index (χ0v) is 17.8. The van der Waals surface area contributed by atoms with E-state index in [1.165, 1.54) is 0 Å². The average molecular weight is 535 g/mol. The third-order valence-corrected chi connectivity index (χ3v) is 7.10. The van der Waals surface area contributed by atoms with Crippen LogP contribution in [0.25, 0.3) is 0 Å². The van der Waals surface area contributed by atoms with Crippen molar-refractivity contribution in [2.45, 2.75) is 18.6 Å². The number of carbonyl (C=O) groups is 3. The predicted molar refractivity (Wildman–Crippen MR) is 102 cm³/mol. The van der Waals surface area contributed by atoms with Gasteiger partial charge < -0.3 is 18.8 Å². The van der Waals surface area contributed by atoms with E-state index >= 15 is 0 Å². The normalized spacial score (nSPS) is 32.1. The smallest absolute Gasteiger partial charge is 0.338 e.